The molecule has 0 unspecified atom stereocenters. The van der Waals surface area contributed by atoms with E-state index in [0.29, 0.717) is 29.7 Å². The maximum atomic E-state index is 14.4. The number of ether oxygens (including phenoxy) is 1. The molecule has 3 heterocycles. The molecule has 2 aromatic carbocycles. The maximum absolute atomic E-state index is 14.4. The van der Waals surface area contributed by atoms with Crippen molar-refractivity contribution in [3.05, 3.63) is 87.5 Å². The molecule has 0 saturated carbocycles. The van der Waals surface area contributed by atoms with Gasteiger partial charge in [-0.05, 0) is 29.8 Å². The molecule has 0 saturated heterocycles. The lowest BCUT2D eigenvalue weighted by Crippen LogP contribution is -2.14. The number of aromatic carboxylic acids is 1. The third-order valence-electron chi connectivity index (χ3n) is 5.52. The van der Waals surface area contributed by atoms with E-state index in [0.717, 1.165) is 17.7 Å². The van der Waals surface area contributed by atoms with Gasteiger partial charge in [-0.25, -0.2) is 13.6 Å². The number of hydrogen-bond donors (Lipinski definition) is 2. The number of hydrogen-bond acceptors (Lipinski definition) is 3. The second-order valence-corrected chi connectivity index (χ2v) is 7.31. The minimum absolute atomic E-state index is 0.121. The molecule has 8 heteroatoms. The first-order valence-electron chi connectivity index (χ1n) is 9.62. The van der Waals surface area contributed by atoms with Crippen molar-refractivity contribution in [1.29, 1.82) is 0 Å². The zero-order valence-electron chi connectivity index (χ0n) is 16.1. The normalized spacial score (nSPS) is 12.7. The van der Waals surface area contributed by atoms with Crippen LogP contribution in [0, 0.1) is 11.6 Å². The highest BCUT2D eigenvalue weighted by atomic mass is 19.1. The van der Waals surface area contributed by atoms with E-state index in [1.807, 2.05) is 6.07 Å². The Bertz CT molecular complexity index is 1420. The summed E-state index contributed by atoms with van der Waals surface area (Å²) in [6, 6.07) is 9.89. The van der Waals surface area contributed by atoms with Crippen molar-refractivity contribution in [3.8, 4) is 16.9 Å². The van der Waals surface area contributed by atoms with Crippen molar-refractivity contribution in [2.75, 3.05) is 6.61 Å². The Labute approximate surface area is 174 Å². The van der Waals surface area contributed by atoms with Gasteiger partial charge < -0.3 is 19.4 Å². The highest BCUT2D eigenvalue weighted by Crippen LogP contribution is 2.43. The van der Waals surface area contributed by atoms with Gasteiger partial charge in [0.25, 0.3) is 5.56 Å². The van der Waals surface area contributed by atoms with Gasteiger partial charge in [0, 0.05) is 29.8 Å². The van der Waals surface area contributed by atoms with Crippen LogP contribution in [0.3, 0.4) is 0 Å². The number of carboxylic acid groups (broad SMARTS) is 1. The Hall–Kier alpha value is -3.94. The van der Waals surface area contributed by atoms with Gasteiger partial charge in [0.2, 0.25) is 0 Å². The van der Waals surface area contributed by atoms with Gasteiger partial charge in [-0.15, -0.1) is 0 Å². The van der Waals surface area contributed by atoms with E-state index < -0.39 is 23.2 Å². The largest absolute Gasteiger partial charge is 0.492 e. The maximum Gasteiger partial charge on any atom is 0.353 e. The number of fused-ring (bicyclic) bond motifs is 3. The molecule has 0 amide bonds. The molecule has 5 rings (SSSR count). The summed E-state index contributed by atoms with van der Waals surface area (Å²) in [5.41, 5.74) is 1.28. The third kappa shape index (κ3) is 2.99. The lowest BCUT2D eigenvalue weighted by atomic mass is 10.0. The number of carbonyl (C=O) groups is 1. The predicted octanol–water partition coefficient (Wildman–Crippen LogP) is 3.96. The average Bonchev–Trinajstić information content (AvgIpc) is 3.33. The molecule has 0 aliphatic carbocycles. The molecule has 31 heavy (non-hydrogen) atoms. The van der Waals surface area contributed by atoms with Crippen LogP contribution >= 0.6 is 0 Å². The molecule has 4 aromatic rings. The Morgan fingerprint density at radius 3 is 2.77 bits per heavy atom. The van der Waals surface area contributed by atoms with E-state index in [1.165, 1.54) is 22.9 Å². The zero-order chi connectivity index (χ0) is 21.7. The third-order valence-corrected chi connectivity index (χ3v) is 5.52. The SMILES string of the molecule is O=C(O)c1c(-c2ccc[nH]c2=O)c2c3c(ccc2n1Cc1ccc(F)cc1F)CCO3. The highest BCUT2D eigenvalue weighted by Gasteiger charge is 2.30. The zero-order valence-corrected chi connectivity index (χ0v) is 16.1. The lowest BCUT2D eigenvalue weighted by molar-refractivity contribution is 0.0687. The van der Waals surface area contributed by atoms with Crippen molar-refractivity contribution in [2.45, 2.75) is 13.0 Å². The lowest BCUT2D eigenvalue weighted by Gasteiger charge is -2.10. The average molecular weight is 422 g/mol. The first-order valence-corrected chi connectivity index (χ1v) is 9.62. The number of benzene rings is 2. The van der Waals surface area contributed by atoms with Crippen molar-refractivity contribution in [3.63, 3.8) is 0 Å². The number of aromatic nitrogens is 2. The monoisotopic (exact) mass is 422 g/mol. The van der Waals surface area contributed by atoms with Crippen molar-refractivity contribution in [2.24, 2.45) is 0 Å². The number of aromatic amines is 1. The molecular formula is C23H16F2N2O4. The summed E-state index contributed by atoms with van der Waals surface area (Å²) in [5, 5.41) is 10.6. The Balaban J connectivity index is 1.88. The molecule has 0 spiro atoms. The quantitative estimate of drug-likeness (QED) is 0.522. The summed E-state index contributed by atoms with van der Waals surface area (Å²) in [6.45, 7) is 0.285. The summed E-state index contributed by atoms with van der Waals surface area (Å²) in [6.07, 6.45) is 2.12. The summed E-state index contributed by atoms with van der Waals surface area (Å²) < 4.78 is 35.0. The van der Waals surface area contributed by atoms with E-state index >= 15 is 0 Å². The van der Waals surface area contributed by atoms with E-state index in [4.69, 9.17) is 4.74 Å². The molecule has 0 atom stereocenters. The van der Waals surface area contributed by atoms with Crippen LogP contribution in [0.4, 0.5) is 8.78 Å². The molecule has 0 bridgehead atoms. The summed E-state index contributed by atoms with van der Waals surface area (Å²) in [4.78, 5) is 27.6. The van der Waals surface area contributed by atoms with Gasteiger partial charge >= 0.3 is 5.97 Å². The van der Waals surface area contributed by atoms with Crippen LogP contribution < -0.4 is 10.3 Å². The molecule has 2 aromatic heterocycles. The van der Waals surface area contributed by atoms with Gasteiger partial charge in [-0.3, -0.25) is 4.79 Å². The predicted molar refractivity (Wildman–Crippen MR) is 110 cm³/mol. The van der Waals surface area contributed by atoms with Crippen molar-refractivity contribution >= 4 is 16.9 Å². The molecule has 1 aliphatic heterocycles. The van der Waals surface area contributed by atoms with Gasteiger partial charge in [-0.2, -0.15) is 0 Å². The number of pyridine rings is 1. The second-order valence-electron chi connectivity index (χ2n) is 7.31. The van der Waals surface area contributed by atoms with Crippen molar-refractivity contribution < 1.29 is 23.4 Å². The van der Waals surface area contributed by atoms with E-state index in [9.17, 15) is 23.5 Å². The summed E-state index contributed by atoms with van der Waals surface area (Å²) >= 11 is 0. The van der Waals surface area contributed by atoms with E-state index in [-0.39, 0.29) is 28.9 Å². The molecule has 1 aliphatic rings. The number of carboxylic acids is 1. The smallest absolute Gasteiger partial charge is 0.353 e. The Morgan fingerprint density at radius 2 is 2.03 bits per heavy atom. The Morgan fingerprint density at radius 1 is 1.19 bits per heavy atom. The van der Waals surface area contributed by atoms with Crippen LogP contribution in [0.25, 0.3) is 22.0 Å². The topological polar surface area (TPSA) is 84.3 Å². The number of rotatable bonds is 4. The first kappa shape index (κ1) is 19.0. The summed E-state index contributed by atoms with van der Waals surface area (Å²) in [5.74, 6) is -2.25. The first-order chi connectivity index (χ1) is 15.0. The molecular weight excluding hydrogens is 406 g/mol. The minimum atomic E-state index is -1.27. The number of nitrogens with zero attached hydrogens (tertiary/aromatic N) is 1. The fourth-order valence-corrected chi connectivity index (χ4v) is 4.17. The Kier molecular flexibility index (Phi) is 4.35. The van der Waals surface area contributed by atoms with Gasteiger partial charge in [0.1, 0.15) is 23.1 Å². The van der Waals surface area contributed by atoms with E-state index in [2.05, 4.69) is 4.98 Å². The van der Waals surface area contributed by atoms with E-state index in [1.54, 1.807) is 12.1 Å². The standard InChI is InChI=1S/C23H16F2N2O4/c24-14-5-3-13(16(25)10-14)11-27-17-6-4-12-7-9-31-21(12)19(17)18(20(27)23(29)30)15-2-1-8-26-22(15)28/h1-6,8,10H,7,9,11H2,(H,26,28)(H,29,30). The van der Waals surface area contributed by atoms with Gasteiger partial charge in [-0.1, -0.05) is 12.1 Å². The number of halogens is 2. The fraction of sp³-hybridized carbons (Fsp3) is 0.130. The highest BCUT2D eigenvalue weighted by molar-refractivity contribution is 6.11. The number of H-pyrrole nitrogens is 1. The minimum Gasteiger partial charge on any atom is -0.492 e. The van der Waals surface area contributed by atoms with Crippen molar-refractivity contribution in [1.82, 2.24) is 9.55 Å². The van der Waals surface area contributed by atoms with Gasteiger partial charge in [0.05, 0.1) is 29.6 Å². The second kappa shape index (κ2) is 7.09. The van der Waals surface area contributed by atoms with Crippen LogP contribution in [-0.4, -0.2) is 27.2 Å². The molecule has 6 nitrogen and oxygen atoms in total. The van der Waals surface area contributed by atoms with Gasteiger partial charge in [0.15, 0.2) is 0 Å². The molecule has 156 valence electrons. The molecule has 0 fully saturated rings. The number of nitrogens with one attached hydrogen (secondary N) is 1. The fourth-order valence-electron chi connectivity index (χ4n) is 4.17. The summed E-state index contributed by atoms with van der Waals surface area (Å²) in [7, 11) is 0. The van der Waals surface area contributed by atoms with Crippen LogP contribution in [-0.2, 0) is 13.0 Å². The van der Waals surface area contributed by atoms with Crippen LogP contribution in [0.15, 0.2) is 53.5 Å². The molecule has 2 N–H and O–H groups in total. The van der Waals surface area contributed by atoms with Crippen LogP contribution in [0.5, 0.6) is 5.75 Å². The molecule has 0 radical (unpaired) electrons. The van der Waals surface area contributed by atoms with Crippen LogP contribution in [0.1, 0.15) is 21.6 Å². The van der Waals surface area contributed by atoms with Crippen LogP contribution in [0.2, 0.25) is 0 Å².